The predicted octanol–water partition coefficient (Wildman–Crippen LogP) is 2.27. The van der Waals surface area contributed by atoms with E-state index < -0.39 is 6.04 Å². The number of hydrogen-bond donors (Lipinski definition) is 2. The number of amides is 2. The SMILES string of the molecule is CCC(C)NC(=O)C(C)NC(=O)Cc1cc(C)ccc1C. The molecule has 0 fully saturated rings. The fourth-order valence-electron chi connectivity index (χ4n) is 1.99. The Bertz CT molecular complexity index is 512. The van der Waals surface area contributed by atoms with Crippen molar-refractivity contribution >= 4 is 11.8 Å². The minimum absolute atomic E-state index is 0.121. The first-order chi connectivity index (χ1) is 9.83. The zero-order valence-corrected chi connectivity index (χ0v) is 13.6. The summed E-state index contributed by atoms with van der Waals surface area (Å²) in [5, 5.41) is 5.62. The lowest BCUT2D eigenvalue weighted by atomic mass is 10.0. The number of aryl methyl sites for hydroxylation is 2. The smallest absolute Gasteiger partial charge is 0.242 e. The molecule has 2 amide bonds. The quantitative estimate of drug-likeness (QED) is 0.844. The van der Waals surface area contributed by atoms with Gasteiger partial charge in [0, 0.05) is 6.04 Å². The number of nitrogens with one attached hydrogen (secondary N) is 2. The van der Waals surface area contributed by atoms with Gasteiger partial charge in [0.05, 0.1) is 6.42 Å². The summed E-state index contributed by atoms with van der Waals surface area (Å²) in [6, 6.07) is 5.65. The second-order valence-electron chi connectivity index (χ2n) is 5.71. The van der Waals surface area contributed by atoms with Crippen LogP contribution in [0.4, 0.5) is 0 Å². The van der Waals surface area contributed by atoms with Crippen LogP contribution in [-0.2, 0) is 16.0 Å². The maximum atomic E-state index is 12.1. The summed E-state index contributed by atoms with van der Waals surface area (Å²) >= 11 is 0. The Kier molecular flexibility index (Phi) is 6.40. The van der Waals surface area contributed by atoms with Crippen molar-refractivity contribution in [2.45, 2.75) is 59.5 Å². The average Bonchev–Trinajstić information content (AvgIpc) is 2.42. The minimum atomic E-state index is -0.517. The van der Waals surface area contributed by atoms with Crippen molar-refractivity contribution in [1.82, 2.24) is 10.6 Å². The monoisotopic (exact) mass is 290 g/mol. The summed E-state index contributed by atoms with van der Waals surface area (Å²) in [5.74, 6) is -0.269. The highest BCUT2D eigenvalue weighted by Gasteiger charge is 2.17. The van der Waals surface area contributed by atoms with E-state index in [1.807, 2.05) is 45.9 Å². The Morgan fingerprint density at radius 3 is 2.43 bits per heavy atom. The third kappa shape index (κ3) is 5.58. The van der Waals surface area contributed by atoms with Crippen molar-refractivity contribution in [3.63, 3.8) is 0 Å². The lowest BCUT2D eigenvalue weighted by Crippen LogP contribution is -2.47. The van der Waals surface area contributed by atoms with Crippen LogP contribution in [0.3, 0.4) is 0 Å². The zero-order chi connectivity index (χ0) is 16.0. The summed E-state index contributed by atoms with van der Waals surface area (Å²) < 4.78 is 0. The molecule has 2 unspecified atom stereocenters. The van der Waals surface area contributed by atoms with Crippen LogP contribution in [0.1, 0.15) is 43.9 Å². The van der Waals surface area contributed by atoms with Gasteiger partial charge in [-0.05, 0) is 45.2 Å². The highest BCUT2D eigenvalue weighted by molar-refractivity contribution is 5.88. The van der Waals surface area contributed by atoms with E-state index in [9.17, 15) is 9.59 Å². The largest absolute Gasteiger partial charge is 0.352 e. The van der Waals surface area contributed by atoms with Crippen molar-refractivity contribution in [2.24, 2.45) is 0 Å². The Morgan fingerprint density at radius 2 is 1.81 bits per heavy atom. The molecule has 0 heterocycles. The lowest BCUT2D eigenvalue weighted by molar-refractivity contribution is -0.128. The van der Waals surface area contributed by atoms with Gasteiger partial charge in [-0.15, -0.1) is 0 Å². The fourth-order valence-corrected chi connectivity index (χ4v) is 1.99. The molecule has 1 rings (SSSR count). The van der Waals surface area contributed by atoms with Gasteiger partial charge in [-0.2, -0.15) is 0 Å². The molecule has 2 atom stereocenters. The molecule has 2 N–H and O–H groups in total. The van der Waals surface area contributed by atoms with Crippen LogP contribution in [0.25, 0.3) is 0 Å². The predicted molar refractivity (Wildman–Crippen MR) is 85.1 cm³/mol. The Labute approximate surface area is 127 Å². The van der Waals surface area contributed by atoms with E-state index >= 15 is 0 Å². The van der Waals surface area contributed by atoms with Gasteiger partial charge in [-0.25, -0.2) is 0 Å². The van der Waals surface area contributed by atoms with Crippen LogP contribution in [0.2, 0.25) is 0 Å². The van der Waals surface area contributed by atoms with E-state index in [1.165, 1.54) is 0 Å². The third-order valence-corrected chi connectivity index (χ3v) is 3.63. The van der Waals surface area contributed by atoms with E-state index in [1.54, 1.807) is 6.92 Å². The summed E-state index contributed by atoms with van der Waals surface area (Å²) in [6.07, 6.45) is 1.17. The first-order valence-electron chi connectivity index (χ1n) is 7.49. The molecule has 21 heavy (non-hydrogen) atoms. The number of carbonyl (C=O) groups is 2. The van der Waals surface area contributed by atoms with E-state index in [0.29, 0.717) is 6.42 Å². The fraction of sp³-hybridized carbons (Fsp3) is 0.529. The molecule has 4 heteroatoms. The molecule has 0 saturated carbocycles. The zero-order valence-electron chi connectivity index (χ0n) is 13.6. The molecule has 0 spiro atoms. The van der Waals surface area contributed by atoms with Gasteiger partial charge in [0.1, 0.15) is 6.04 Å². The summed E-state index contributed by atoms with van der Waals surface area (Å²) in [4.78, 5) is 24.0. The number of carbonyl (C=O) groups excluding carboxylic acids is 2. The van der Waals surface area contributed by atoms with Crippen LogP contribution in [0.5, 0.6) is 0 Å². The van der Waals surface area contributed by atoms with E-state index in [4.69, 9.17) is 0 Å². The number of benzene rings is 1. The standard InChI is InChI=1S/C17H26N2O2/c1-6-13(4)18-17(21)14(5)19-16(20)10-15-9-11(2)7-8-12(15)3/h7-9,13-14H,6,10H2,1-5H3,(H,18,21)(H,19,20). The van der Waals surface area contributed by atoms with Crippen LogP contribution in [0.15, 0.2) is 18.2 Å². The van der Waals surface area contributed by atoms with Gasteiger partial charge in [0.25, 0.3) is 0 Å². The van der Waals surface area contributed by atoms with E-state index in [0.717, 1.165) is 23.1 Å². The first-order valence-corrected chi connectivity index (χ1v) is 7.49. The van der Waals surface area contributed by atoms with E-state index in [2.05, 4.69) is 10.6 Å². The summed E-state index contributed by atoms with van der Waals surface area (Å²) in [5.41, 5.74) is 3.22. The normalized spacial score (nSPS) is 13.4. The molecule has 4 nitrogen and oxygen atoms in total. The van der Waals surface area contributed by atoms with Gasteiger partial charge >= 0.3 is 0 Å². The molecule has 0 saturated heterocycles. The molecule has 1 aromatic rings. The van der Waals surface area contributed by atoms with Gasteiger partial charge in [0.15, 0.2) is 0 Å². The highest BCUT2D eigenvalue weighted by Crippen LogP contribution is 2.11. The van der Waals surface area contributed by atoms with Crippen molar-refractivity contribution in [1.29, 1.82) is 0 Å². The van der Waals surface area contributed by atoms with Gasteiger partial charge < -0.3 is 10.6 Å². The molecule has 116 valence electrons. The highest BCUT2D eigenvalue weighted by atomic mass is 16.2. The van der Waals surface area contributed by atoms with Crippen molar-refractivity contribution in [2.75, 3.05) is 0 Å². The molecular formula is C17H26N2O2. The summed E-state index contributed by atoms with van der Waals surface area (Å²) in [7, 11) is 0. The first kappa shape index (κ1) is 17.2. The Balaban J connectivity index is 2.57. The molecule has 0 aliphatic rings. The van der Waals surface area contributed by atoms with Gasteiger partial charge in [0.2, 0.25) is 11.8 Å². The van der Waals surface area contributed by atoms with Crippen LogP contribution >= 0.6 is 0 Å². The number of rotatable bonds is 6. The van der Waals surface area contributed by atoms with Crippen molar-refractivity contribution < 1.29 is 9.59 Å². The maximum Gasteiger partial charge on any atom is 0.242 e. The topological polar surface area (TPSA) is 58.2 Å². The van der Waals surface area contributed by atoms with Crippen molar-refractivity contribution in [3.8, 4) is 0 Å². The lowest BCUT2D eigenvalue weighted by Gasteiger charge is -2.17. The van der Waals surface area contributed by atoms with Crippen molar-refractivity contribution in [3.05, 3.63) is 34.9 Å². The van der Waals surface area contributed by atoms with Crippen LogP contribution in [-0.4, -0.2) is 23.9 Å². The average molecular weight is 290 g/mol. The van der Waals surface area contributed by atoms with Crippen LogP contribution < -0.4 is 10.6 Å². The van der Waals surface area contributed by atoms with Crippen LogP contribution in [0, 0.1) is 13.8 Å². The molecular weight excluding hydrogens is 264 g/mol. The second-order valence-corrected chi connectivity index (χ2v) is 5.71. The minimum Gasteiger partial charge on any atom is -0.352 e. The third-order valence-electron chi connectivity index (χ3n) is 3.63. The Morgan fingerprint density at radius 1 is 1.14 bits per heavy atom. The molecule has 0 bridgehead atoms. The second kappa shape index (κ2) is 7.81. The number of hydrogen-bond acceptors (Lipinski definition) is 2. The molecule has 0 aliphatic carbocycles. The summed E-state index contributed by atoms with van der Waals surface area (Å²) in [6.45, 7) is 9.65. The molecule has 0 aromatic heterocycles. The molecule has 1 aromatic carbocycles. The molecule has 0 aliphatic heterocycles. The van der Waals surface area contributed by atoms with Gasteiger partial charge in [-0.3, -0.25) is 9.59 Å². The molecule has 0 radical (unpaired) electrons. The van der Waals surface area contributed by atoms with Gasteiger partial charge in [-0.1, -0.05) is 30.7 Å². The maximum absolute atomic E-state index is 12.1. The van der Waals surface area contributed by atoms with E-state index in [-0.39, 0.29) is 17.9 Å². The Hall–Kier alpha value is -1.84.